The number of carbonyl (C=O) groups excluding carboxylic acids is 1. The zero-order chi connectivity index (χ0) is 14.5. The smallest absolute Gasteiger partial charge is 0.387 e. The molecule has 7 heteroatoms. The number of alkyl halides is 2. The molecule has 0 unspecified atom stereocenters. The first-order chi connectivity index (χ1) is 9.56. The Kier molecular flexibility index (Phi) is 4.29. The molecule has 0 saturated carbocycles. The van der Waals surface area contributed by atoms with Gasteiger partial charge in [0.2, 0.25) is 0 Å². The van der Waals surface area contributed by atoms with Crippen molar-refractivity contribution >= 4 is 5.91 Å². The second-order valence-electron chi connectivity index (χ2n) is 4.04. The van der Waals surface area contributed by atoms with Crippen LogP contribution >= 0.6 is 0 Å². The highest BCUT2D eigenvalue weighted by atomic mass is 19.3. The lowest BCUT2D eigenvalue weighted by Crippen LogP contribution is -2.24. The zero-order valence-corrected chi connectivity index (χ0v) is 10.7. The first kappa shape index (κ1) is 14.0. The monoisotopic (exact) mass is 281 g/mol. The molecule has 0 aliphatic carbocycles. The lowest BCUT2D eigenvalue weighted by atomic mass is 10.2. The van der Waals surface area contributed by atoms with Crippen LogP contribution < -0.4 is 10.1 Å². The molecular weight excluding hydrogens is 268 g/mol. The van der Waals surface area contributed by atoms with Gasteiger partial charge in [0.25, 0.3) is 5.91 Å². The SMILES string of the molecule is Cn1nccc1CNC(=O)c1cccc(OC(F)F)c1. The number of nitrogens with zero attached hydrogens (tertiary/aromatic N) is 2. The number of nitrogens with one attached hydrogen (secondary N) is 1. The van der Waals surface area contributed by atoms with Gasteiger partial charge in [-0.05, 0) is 24.3 Å². The molecule has 5 nitrogen and oxygen atoms in total. The van der Waals surface area contributed by atoms with E-state index in [0.717, 1.165) is 5.69 Å². The number of aromatic nitrogens is 2. The summed E-state index contributed by atoms with van der Waals surface area (Å²) in [6, 6.07) is 7.42. The Bertz CT molecular complexity index is 599. The number of hydrogen-bond acceptors (Lipinski definition) is 3. The molecular formula is C13H13F2N3O2. The van der Waals surface area contributed by atoms with Crippen molar-refractivity contribution in [3.63, 3.8) is 0 Å². The molecule has 0 atom stereocenters. The summed E-state index contributed by atoms with van der Waals surface area (Å²) in [4.78, 5) is 11.9. The molecule has 2 aromatic rings. The Labute approximate surface area is 114 Å². The summed E-state index contributed by atoms with van der Waals surface area (Å²) in [6.45, 7) is -2.61. The van der Waals surface area contributed by atoms with Crippen LogP contribution in [0.15, 0.2) is 36.5 Å². The molecule has 0 spiro atoms. The van der Waals surface area contributed by atoms with Gasteiger partial charge in [0.05, 0.1) is 12.2 Å². The normalized spacial score (nSPS) is 10.6. The topological polar surface area (TPSA) is 56.2 Å². The molecule has 0 fully saturated rings. The fraction of sp³-hybridized carbons (Fsp3) is 0.231. The molecule has 106 valence electrons. The molecule has 0 bridgehead atoms. The second-order valence-corrected chi connectivity index (χ2v) is 4.04. The average molecular weight is 281 g/mol. The first-order valence-electron chi connectivity index (χ1n) is 5.86. The number of hydrogen-bond donors (Lipinski definition) is 1. The Hall–Kier alpha value is -2.44. The van der Waals surface area contributed by atoms with Gasteiger partial charge in [-0.25, -0.2) is 0 Å². The molecule has 0 aliphatic rings. The predicted octanol–water partition coefficient (Wildman–Crippen LogP) is 1.95. The Morgan fingerprint density at radius 3 is 2.90 bits per heavy atom. The standard InChI is InChI=1S/C13H13F2N3O2/c1-18-10(5-6-17-18)8-16-12(19)9-3-2-4-11(7-9)20-13(14)15/h2-7,13H,8H2,1H3,(H,16,19). The molecule has 1 aromatic heterocycles. The van der Waals surface area contributed by atoms with Gasteiger partial charge < -0.3 is 10.1 Å². The van der Waals surface area contributed by atoms with Gasteiger partial charge in [0.15, 0.2) is 0 Å². The summed E-state index contributed by atoms with van der Waals surface area (Å²) in [6.07, 6.45) is 1.62. The molecule has 2 rings (SSSR count). The van der Waals surface area contributed by atoms with Crippen molar-refractivity contribution in [2.45, 2.75) is 13.2 Å². The Morgan fingerprint density at radius 1 is 1.45 bits per heavy atom. The second kappa shape index (κ2) is 6.14. The van der Waals surface area contributed by atoms with Crippen LogP contribution in [0, 0.1) is 0 Å². The molecule has 0 saturated heterocycles. The minimum atomic E-state index is -2.91. The minimum Gasteiger partial charge on any atom is -0.435 e. The van der Waals surface area contributed by atoms with E-state index in [4.69, 9.17) is 0 Å². The highest BCUT2D eigenvalue weighted by Gasteiger charge is 2.10. The van der Waals surface area contributed by atoms with Crippen LogP contribution in [0.1, 0.15) is 16.1 Å². The van der Waals surface area contributed by atoms with E-state index in [1.54, 1.807) is 24.0 Å². The van der Waals surface area contributed by atoms with E-state index in [1.165, 1.54) is 24.3 Å². The third kappa shape index (κ3) is 3.53. The summed E-state index contributed by atoms with van der Waals surface area (Å²) in [5.41, 5.74) is 1.09. The maximum atomic E-state index is 12.1. The van der Waals surface area contributed by atoms with Crippen LogP contribution in [-0.2, 0) is 13.6 Å². The first-order valence-corrected chi connectivity index (χ1v) is 5.86. The van der Waals surface area contributed by atoms with E-state index in [1.807, 2.05) is 0 Å². The van der Waals surface area contributed by atoms with E-state index in [0.29, 0.717) is 6.54 Å². The number of halogens is 2. The van der Waals surface area contributed by atoms with Crippen LogP contribution in [0.2, 0.25) is 0 Å². The third-order valence-electron chi connectivity index (χ3n) is 2.67. The van der Waals surface area contributed by atoms with Gasteiger partial charge >= 0.3 is 6.61 Å². The van der Waals surface area contributed by atoms with E-state index in [9.17, 15) is 13.6 Å². The molecule has 20 heavy (non-hydrogen) atoms. The van der Waals surface area contributed by atoms with E-state index >= 15 is 0 Å². The van der Waals surface area contributed by atoms with Gasteiger partial charge in [-0.3, -0.25) is 9.48 Å². The Morgan fingerprint density at radius 2 is 2.25 bits per heavy atom. The van der Waals surface area contributed by atoms with Crippen molar-refractivity contribution in [1.82, 2.24) is 15.1 Å². The molecule has 1 aromatic carbocycles. The fourth-order valence-electron chi connectivity index (χ4n) is 1.66. The van der Waals surface area contributed by atoms with Gasteiger partial charge in [-0.15, -0.1) is 0 Å². The predicted molar refractivity (Wildman–Crippen MR) is 67.5 cm³/mol. The molecule has 1 amide bonds. The van der Waals surface area contributed by atoms with Crippen LogP contribution in [0.4, 0.5) is 8.78 Å². The van der Waals surface area contributed by atoms with Gasteiger partial charge in [-0.1, -0.05) is 6.07 Å². The third-order valence-corrected chi connectivity index (χ3v) is 2.67. The van der Waals surface area contributed by atoms with Crippen molar-refractivity contribution < 1.29 is 18.3 Å². The number of benzene rings is 1. The van der Waals surface area contributed by atoms with Crippen LogP contribution in [-0.4, -0.2) is 22.3 Å². The number of rotatable bonds is 5. The summed E-state index contributed by atoms with van der Waals surface area (Å²) in [5, 5.41) is 6.66. The van der Waals surface area contributed by atoms with E-state index < -0.39 is 6.61 Å². The average Bonchev–Trinajstić information content (AvgIpc) is 2.81. The highest BCUT2D eigenvalue weighted by molar-refractivity contribution is 5.94. The van der Waals surface area contributed by atoms with Crippen molar-refractivity contribution in [1.29, 1.82) is 0 Å². The molecule has 0 aliphatic heterocycles. The number of carbonyl (C=O) groups is 1. The van der Waals surface area contributed by atoms with Gasteiger partial charge in [0.1, 0.15) is 5.75 Å². The molecule has 1 heterocycles. The summed E-state index contributed by atoms with van der Waals surface area (Å²) < 4.78 is 30.1. The maximum Gasteiger partial charge on any atom is 0.387 e. The van der Waals surface area contributed by atoms with Crippen molar-refractivity contribution in [3.05, 3.63) is 47.8 Å². The van der Waals surface area contributed by atoms with E-state index in [2.05, 4.69) is 15.2 Å². The highest BCUT2D eigenvalue weighted by Crippen LogP contribution is 2.15. The zero-order valence-electron chi connectivity index (χ0n) is 10.7. The molecule has 1 N–H and O–H groups in total. The van der Waals surface area contributed by atoms with Crippen LogP contribution in [0.5, 0.6) is 5.75 Å². The van der Waals surface area contributed by atoms with Crippen molar-refractivity contribution in [2.75, 3.05) is 0 Å². The number of ether oxygens (including phenoxy) is 1. The lowest BCUT2D eigenvalue weighted by Gasteiger charge is -2.08. The summed E-state index contributed by atoms with van der Waals surface area (Å²) >= 11 is 0. The largest absolute Gasteiger partial charge is 0.435 e. The van der Waals surface area contributed by atoms with Gasteiger partial charge in [-0.2, -0.15) is 13.9 Å². The fourth-order valence-corrected chi connectivity index (χ4v) is 1.66. The summed E-state index contributed by atoms with van der Waals surface area (Å²) in [7, 11) is 1.76. The van der Waals surface area contributed by atoms with Crippen LogP contribution in [0.3, 0.4) is 0 Å². The molecule has 0 radical (unpaired) electrons. The quantitative estimate of drug-likeness (QED) is 0.911. The minimum absolute atomic E-state index is 0.0480. The number of aryl methyl sites for hydroxylation is 1. The van der Waals surface area contributed by atoms with Crippen LogP contribution in [0.25, 0.3) is 0 Å². The lowest BCUT2D eigenvalue weighted by molar-refractivity contribution is -0.0498. The van der Waals surface area contributed by atoms with Crippen molar-refractivity contribution in [2.24, 2.45) is 7.05 Å². The Balaban J connectivity index is 2.00. The summed E-state index contributed by atoms with van der Waals surface area (Å²) in [5.74, 6) is -0.418. The maximum absolute atomic E-state index is 12.1. The van der Waals surface area contributed by atoms with Gasteiger partial charge in [0, 0.05) is 18.8 Å². The van der Waals surface area contributed by atoms with E-state index in [-0.39, 0.29) is 17.2 Å². The van der Waals surface area contributed by atoms with Crippen molar-refractivity contribution in [3.8, 4) is 5.75 Å². The number of amides is 1.